The molecular formula is C7H15Cl2FN2. The van der Waals surface area contributed by atoms with Crippen LogP contribution in [0.25, 0.3) is 0 Å². The summed E-state index contributed by atoms with van der Waals surface area (Å²) >= 11 is 0. The van der Waals surface area contributed by atoms with E-state index in [1.807, 2.05) is 0 Å². The zero-order chi connectivity index (χ0) is 6.97. The fourth-order valence-corrected chi connectivity index (χ4v) is 1.90. The fourth-order valence-electron chi connectivity index (χ4n) is 1.90. The minimum atomic E-state index is -0.565. The van der Waals surface area contributed by atoms with E-state index in [0.717, 1.165) is 26.1 Å². The molecule has 12 heavy (non-hydrogen) atoms. The SMILES string of the molecule is Cl.Cl.FC1CC2CNCCN2C1. The molecule has 2 atom stereocenters. The van der Waals surface area contributed by atoms with Crippen LogP contribution in [0.5, 0.6) is 0 Å². The number of rotatable bonds is 0. The van der Waals surface area contributed by atoms with Crippen LogP contribution in [0.4, 0.5) is 4.39 Å². The van der Waals surface area contributed by atoms with Crippen molar-refractivity contribution in [1.82, 2.24) is 10.2 Å². The Morgan fingerprint density at radius 2 is 2.08 bits per heavy atom. The van der Waals surface area contributed by atoms with E-state index in [9.17, 15) is 4.39 Å². The summed E-state index contributed by atoms with van der Waals surface area (Å²) in [5.41, 5.74) is 0. The minimum absolute atomic E-state index is 0. The van der Waals surface area contributed by atoms with Crippen molar-refractivity contribution in [1.29, 1.82) is 0 Å². The van der Waals surface area contributed by atoms with Gasteiger partial charge in [0, 0.05) is 32.2 Å². The standard InChI is InChI=1S/C7H13FN2.2ClH/c8-6-3-7-4-9-1-2-10(7)5-6;;/h6-7,9H,1-5H2;2*1H. The Kier molecular flexibility index (Phi) is 5.41. The lowest BCUT2D eigenvalue weighted by atomic mass is 10.2. The molecule has 2 nitrogen and oxygen atoms in total. The average molecular weight is 217 g/mol. The third kappa shape index (κ3) is 2.46. The molecule has 0 radical (unpaired) electrons. The van der Waals surface area contributed by atoms with Crippen molar-refractivity contribution in [2.75, 3.05) is 26.2 Å². The second-order valence-electron chi connectivity index (χ2n) is 3.19. The summed E-state index contributed by atoms with van der Waals surface area (Å²) in [6.07, 6.45) is 0.178. The zero-order valence-electron chi connectivity index (χ0n) is 6.83. The van der Waals surface area contributed by atoms with Gasteiger partial charge in [0.1, 0.15) is 6.17 Å². The Morgan fingerprint density at radius 1 is 1.33 bits per heavy atom. The number of nitrogens with one attached hydrogen (secondary N) is 1. The first kappa shape index (κ1) is 12.4. The molecule has 0 saturated carbocycles. The van der Waals surface area contributed by atoms with Crippen LogP contribution in [0.3, 0.4) is 0 Å². The van der Waals surface area contributed by atoms with E-state index in [1.54, 1.807) is 0 Å². The van der Waals surface area contributed by atoms with Gasteiger partial charge in [-0.2, -0.15) is 0 Å². The molecule has 2 aliphatic heterocycles. The van der Waals surface area contributed by atoms with Gasteiger partial charge in [-0.15, -0.1) is 24.8 Å². The Balaban J connectivity index is 0.000000605. The first-order valence-electron chi connectivity index (χ1n) is 3.95. The molecule has 5 heteroatoms. The number of halogens is 3. The molecule has 0 amide bonds. The molecule has 2 aliphatic rings. The normalized spacial score (nSPS) is 34.8. The van der Waals surface area contributed by atoms with E-state index in [0.29, 0.717) is 12.6 Å². The molecule has 0 bridgehead atoms. The van der Waals surface area contributed by atoms with Gasteiger partial charge < -0.3 is 5.32 Å². The molecule has 2 saturated heterocycles. The summed E-state index contributed by atoms with van der Waals surface area (Å²) in [6, 6.07) is 0.490. The maximum Gasteiger partial charge on any atom is 0.114 e. The van der Waals surface area contributed by atoms with E-state index >= 15 is 0 Å². The average Bonchev–Trinajstić information content (AvgIpc) is 2.27. The lowest BCUT2D eigenvalue weighted by Crippen LogP contribution is -2.47. The van der Waals surface area contributed by atoms with Gasteiger partial charge in [0.2, 0.25) is 0 Å². The highest BCUT2D eigenvalue weighted by Gasteiger charge is 2.32. The van der Waals surface area contributed by atoms with Gasteiger partial charge >= 0.3 is 0 Å². The van der Waals surface area contributed by atoms with Crippen molar-refractivity contribution in [2.24, 2.45) is 0 Å². The summed E-state index contributed by atoms with van der Waals surface area (Å²) in [7, 11) is 0. The van der Waals surface area contributed by atoms with Gasteiger partial charge in [-0.05, 0) is 6.42 Å². The Hall–Kier alpha value is 0.430. The predicted molar refractivity (Wildman–Crippen MR) is 52.2 cm³/mol. The van der Waals surface area contributed by atoms with Gasteiger partial charge in [-0.3, -0.25) is 4.90 Å². The Bertz CT molecular complexity index is 123. The maximum absolute atomic E-state index is 12.8. The lowest BCUT2D eigenvalue weighted by molar-refractivity contribution is 0.207. The number of alkyl halides is 1. The van der Waals surface area contributed by atoms with Crippen molar-refractivity contribution < 1.29 is 4.39 Å². The van der Waals surface area contributed by atoms with E-state index in [-0.39, 0.29) is 24.8 Å². The van der Waals surface area contributed by atoms with Gasteiger partial charge in [-0.1, -0.05) is 0 Å². The summed E-state index contributed by atoms with van der Waals surface area (Å²) in [5.74, 6) is 0. The molecule has 0 aromatic carbocycles. The molecule has 0 aromatic rings. The van der Waals surface area contributed by atoms with Crippen LogP contribution in [0.1, 0.15) is 6.42 Å². The number of fused-ring (bicyclic) bond motifs is 1. The highest BCUT2D eigenvalue weighted by atomic mass is 35.5. The molecular weight excluding hydrogens is 202 g/mol. The predicted octanol–water partition coefficient (Wildman–Crippen LogP) is 0.846. The molecule has 0 spiro atoms. The summed E-state index contributed by atoms with van der Waals surface area (Å²) in [6.45, 7) is 3.72. The van der Waals surface area contributed by atoms with E-state index in [1.165, 1.54) is 0 Å². The highest BCUT2D eigenvalue weighted by Crippen LogP contribution is 2.20. The smallest absolute Gasteiger partial charge is 0.114 e. The topological polar surface area (TPSA) is 15.3 Å². The Labute approximate surface area is 84.7 Å². The summed E-state index contributed by atoms with van der Waals surface area (Å²) in [4.78, 5) is 2.25. The summed E-state index contributed by atoms with van der Waals surface area (Å²) in [5, 5.41) is 3.27. The van der Waals surface area contributed by atoms with Crippen molar-refractivity contribution in [3.8, 4) is 0 Å². The number of hydrogen-bond acceptors (Lipinski definition) is 2. The van der Waals surface area contributed by atoms with E-state index in [2.05, 4.69) is 10.2 Å². The van der Waals surface area contributed by atoms with Crippen LogP contribution in [-0.2, 0) is 0 Å². The molecule has 2 fully saturated rings. The molecule has 0 aromatic heterocycles. The molecule has 2 rings (SSSR count). The Morgan fingerprint density at radius 3 is 2.75 bits per heavy atom. The maximum atomic E-state index is 12.8. The molecule has 74 valence electrons. The quantitative estimate of drug-likeness (QED) is 0.647. The van der Waals surface area contributed by atoms with Crippen LogP contribution in [0.2, 0.25) is 0 Å². The van der Waals surface area contributed by atoms with Crippen LogP contribution >= 0.6 is 24.8 Å². The van der Waals surface area contributed by atoms with E-state index < -0.39 is 6.17 Å². The van der Waals surface area contributed by atoms with Crippen LogP contribution in [0, 0.1) is 0 Å². The van der Waals surface area contributed by atoms with Crippen molar-refractivity contribution in [3.63, 3.8) is 0 Å². The van der Waals surface area contributed by atoms with Gasteiger partial charge in [0.25, 0.3) is 0 Å². The minimum Gasteiger partial charge on any atom is -0.314 e. The first-order valence-corrected chi connectivity index (χ1v) is 3.95. The largest absolute Gasteiger partial charge is 0.314 e. The fraction of sp³-hybridized carbons (Fsp3) is 1.00. The third-order valence-corrected chi connectivity index (χ3v) is 2.43. The second-order valence-corrected chi connectivity index (χ2v) is 3.19. The van der Waals surface area contributed by atoms with Gasteiger partial charge in [0.05, 0.1) is 0 Å². The van der Waals surface area contributed by atoms with Crippen molar-refractivity contribution in [2.45, 2.75) is 18.6 Å². The highest BCUT2D eigenvalue weighted by molar-refractivity contribution is 5.85. The summed E-state index contributed by atoms with van der Waals surface area (Å²) < 4.78 is 12.8. The van der Waals surface area contributed by atoms with Crippen LogP contribution in [-0.4, -0.2) is 43.3 Å². The zero-order valence-corrected chi connectivity index (χ0v) is 8.46. The molecule has 2 unspecified atom stereocenters. The van der Waals surface area contributed by atoms with E-state index in [4.69, 9.17) is 0 Å². The molecule has 1 N–H and O–H groups in total. The van der Waals surface area contributed by atoms with Gasteiger partial charge in [-0.25, -0.2) is 4.39 Å². The van der Waals surface area contributed by atoms with Crippen molar-refractivity contribution >= 4 is 24.8 Å². The van der Waals surface area contributed by atoms with Crippen LogP contribution < -0.4 is 5.32 Å². The molecule has 2 heterocycles. The monoisotopic (exact) mass is 216 g/mol. The second kappa shape index (κ2) is 5.22. The third-order valence-electron chi connectivity index (χ3n) is 2.43. The van der Waals surface area contributed by atoms with Crippen LogP contribution in [0.15, 0.2) is 0 Å². The first-order chi connectivity index (χ1) is 4.86. The van der Waals surface area contributed by atoms with Crippen molar-refractivity contribution in [3.05, 3.63) is 0 Å². The number of piperazine rings is 1. The van der Waals surface area contributed by atoms with Gasteiger partial charge in [0.15, 0.2) is 0 Å². The number of hydrogen-bond donors (Lipinski definition) is 1. The molecule has 0 aliphatic carbocycles. The number of nitrogens with zero attached hydrogens (tertiary/aromatic N) is 1. The lowest BCUT2D eigenvalue weighted by Gasteiger charge is -2.29.